The van der Waals surface area contributed by atoms with E-state index < -0.39 is 0 Å². The number of hydrogen-bond donors (Lipinski definition) is 0. The van der Waals surface area contributed by atoms with Crippen molar-refractivity contribution in [3.8, 4) is 0 Å². The van der Waals surface area contributed by atoms with Crippen molar-refractivity contribution in [2.45, 2.75) is 52.3 Å². The highest BCUT2D eigenvalue weighted by molar-refractivity contribution is 8.76. The van der Waals surface area contributed by atoms with E-state index in [1.165, 1.54) is 0 Å². The Morgan fingerprint density at radius 3 is 2.58 bits per heavy atom. The predicted molar refractivity (Wildman–Crippen MR) is 87.3 cm³/mol. The average molecular weight is 306 g/mol. The van der Waals surface area contributed by atoms with Crippen LogP contribution in [0.15, 0.2) is 4.99 Å². The van der Waals surface area contributed by atoms with Gasteiger partial charge in [0.25, 0.3) is 0 Å². The summed E-state index contributed by atoms with van der Waals surface area (Å²) in [5.41, 5.74) is 0. The Labute approximate surface area is 126 Å². The molecule has 3 nitrogen and oxygen atoms in total. The van der Waals surface area contributed by atoms with Gasteiger partial charge in [0, 0.05) is 32.1 Å². The summed E-state index contributed by atoms with van der Waals surface area (Å²) in [5, 5.41) is 0. The Kier molecular flexibility index (Phi) is 12.5. The van der Waals surface area contributed by atoms with Gasteiger partial charge in [-0.3, -0.25) is 14.6 Å². The lowest BCUT2D eigenvalue weighted by Crippen LogP contribution is -2.03. The molecule has 0 aliphatic rings. The number of carbonyl (C=O) groups excluding carboxylic acids is 2. The first-order valence-electron chi connectivity index (χ1n) is 7.43. The van der Waals surface area contributed by atoms with Crippen LogP contribution < -0.4 is 0 Å². The molecule has 0 spiro atoms. The first-order chi connectivity index (χ1) is 9.70. The van der Waals surface area contributed by atoms with Crippen LogP contribution in [-0.2, 0) is 9.59 Å². The van der Waals surface area contributed by atoms with Crippen molar-refractivity contribution < 1.29 is 11.0 Å². The van der Waals surface area contributed by atoms with Crippen LogP contribution in [0.2, 0.25) is 0 Å². The third-order valence-corrected chi connectivity index (χ3v) is 4.88. The summed E-state index contributed by atoms with van der Waals surface area (Å²) in [7, 11) is 3.43. The minimum Gasteiger partial charge on any atom is -0.300 e. The van der Waals surface area contributed by atoms with E-state index in [4.69, 9.17) is 1.37 Å². The van der Waals surface area contributed by atoms with Crippen molar-refractivity contribution in [1.82, 2.24) is 0 Å². The van der Waals surface area contributed by atoms with Crippen LogP contribution in [0.1, 0.15) is 53.7 Å². The zero-order chi connectivity index (χ0) is 15.1. The van der Waals surface area contributed by atoms with E-state index in [0.717, 1.165) is 30.8 Å². The number of unbranched alkanes of at least 4 members (excludes halogenated alkanes) is 1. The Hall–Kier alpha value is -0.290. The SMILES string of the molecule is [3H]CCCCC(=O)CCCSSCCC(=O)CN=CC. The first kappa shape index (κ1) is 16.8. The zero-order valence-corrected chi connectivity index (χ0v) is 13.4. The molecule has 0 bridgehead atoms. The highest BCUT2D eigenvalue weighted by Gasteiger charge is 2.02. The van der Waals surface area contributed by atoms with Gasteiger partial charge in [-0.25, -0.2) is 0 Å². The van der Waals surface area contributed by atoms with Crippen LogP contribution >= 0.6 is 21.6 Å². The van der Waals surface area contributed by atoms with Gasteiger partial charge < -0.3 is 0 Å². The van der Waals surface area contributed by atoms with Gasteiger partial charge in [0.05, 0.1) is 6.54 Å². The molecule has 0 amide bonds. The summed E-state index contributed by atoms with van der Waals surface area (Å²) in [6.45, 7) is 2.53. The van der Waals surface area contributed by atoms with Crippen molar-refractivity contribution in [2.75, 3.05) is 18.1 Å². The lowest BCUT2D eigenvalue weighted by molar-refractivity contribution is -0.119. The van der Waals surface area contributed by atoms with Crippen LogP contribution in [0.3, 0.4) is 0 Å². The van der Waals surface area contributed by atoms with E-state index in [1.807, 2.05) is 6.92 Å². The van der Waals surface area contributed by atoms with Crippen LogP contribution in [0, 0.1) is 0 Å². The van der Waals surface area contributed by atoms with Gasteiger partial charge in [-0.2, -0.15) is 0 Å². The maximum atomic E-state index is 11.5. The van der Waals surface area contributed by atoms with Gasteiger partial charge in [-0.1, -0.05) is 34.9 Å². The Bertz CT molecular complexity index is 299. The molecule has 0 aromatic rings. The fraction of sp³-hybridized carbons (Fsp3) is 0.786. The summed E-state index contributed by atoms with van der Waals surface area (Å²) in [4.78, 5) is 26.7. The topological polar surface area (TPSA) is 46.5 Å². The molecule has 0 aromatic carbocycles. The maximum absolute atomic E-state index is 11.5. The summed E-state index contributed by atoms with van der Waals surface area (Å²) < 4.78 is 7.00. The van der Waals surface area contributed by atoms with E-state index in [2.05, 4.69) is 4.99 Å². The molecule has 0 atom stereocenters. The van der Waals surface area contributed by atoms with Crippen LogP contribution in [-0.4, -0.2) is 35.8 Å². The summed E-state index contributed by atoms with van der Waals surface area (Å²) in [6, 6.07) is 0. The third kappa shape index (κ3) is 13.9. The number of carbonyl (C=O) groups is 2. The van der Waals surface area contributed by atoms with Crippen LogP contribution in [0.5, 0.6) is 0 Å². The van der Waals surface area contributed by atoms with Gasteiger partial charge in [0.1, 0.15) is 5.78 Å². The second-order valence-corrected chi connectivity index (χ2v) is 6.83. The number of aliphatic imine (C=N–C) groups is 1. The van der Waals surface area contributed by atoms with E-state index in [0.29, 0.717) is 38.5 Å². The average Bonchev–Trinajstić information content (AvgIpc) is 2.44. The second-order valence-electron chi connectivity index (χ2n) is 4.13. The molecule has 0 heterocycles. The van der Waals surface area contributed by atoms with Gasteiger partial charge in [0.15, 0.2) is 5.78 Å². The molecule has 0 saturated carbocycles. The summed E-state index contributed by atoms with van der Waals surface area (Å²) >= 11 is 0. The number of hydrogen-bond acceptors (Lipinski definition) is 5. The Morgan fingerprint density at radius 2 is 1.84 bits per heavy atom. The highest BCUT2D eigenvalue weighted by Crippen LogP contribution is 2.23. The predicted octanol–water partition coefficient (Wildman–Crippen LogP) is 3.96. The lowest BCUT2D eigenvalue weighted by atomic mass is 10.1. The third-order valence-electron chi connectivity index (χ3n) is 2.39. The van der Waals surface area contributed by atoms with Crippen molar-refractivity contribution in [3.05, 3.63) is 0 Å². The van der Waals surface area contributed by atoms with Crippen molar-refractivity contribution >= 4 is 39.4 Å². The van der Waals surface area contributed by atoms with E-state index in [-0.39, 0.29) is 5.78 Å². The smallest absolute Gasteiger partial charge is 0.155 e. The molecule has 0 unspecified atom stereocenters. The van der Waals surface area contributed by atoms with Crippen molar-refractivity contribution in [3.63, 3.8) is 0 Å². The van der Waals surface area contributed by atoms with E-state index >= 15 is 0 Å². The van der Waals surface area contributed by atoms with Crippen molar-refractivity contribution in [2.24, 2.45) is 4.99 Å². The van der Waals surface area contributed by atoms with Gasteiger partial charge in [-0.15, -0.1) is 0 Å². The molecule has 0 saturated heterocycles. The van der Waals surface area contributed by atoms with Gasteiger partial charge >= 0.3 is 0 Å². The molecular weight excluding hydrogens is 278 g/mol. The Balaban J connectivity index is 3.27. The molecule has 5 heteroatoms. The van der Waals surface area contributed by atoms with Crippen molar-refractivity contribution in [1.29, 1.82) is 0 Å². The summed E-state index contributed by atoms with van der Waals surface area (Å²) in [5.74, 6) is 2.27. The molecule has 0 aliphatic carbocycles. The van der Waals surface area contributed by atoms with E-state index in [9.17, 15) is 9.59 Å². The Morgan fingerprint density at radius 1 is 1.11 bits per heavy atom. The largest absolute Gasteiger partial charge is 0.300 e. The molecule has 110 valence electrons. The molecule has 0 aromatic heterocycles. The molecule has 0 radical (unpaired) electrons. The quantitative estimate of drug-likeness (QED) is 0.293. The summed E-state index contributed by atoms with van der Waals surface area (Å²) in [6.07, 6.45) is 6.09. The standard InChI is InChI=1S/C14H25NO2S2/c1-3-5-7-13(16)8-6-10-18-19-11-9-14(17)12-15-4-2/h4H,3,5-12H2,1-2H3/i1T. The number of rotatable bonds is 13. The molecule has 0 aliphatic heterocycles. The monoisotopic (exact) mass is 305 g/mol. The zero-order valence-electron chi connectivity index (χ0n) is 12.7. The fourth-order valence-corrected chi connectivity index (χ4v) is 3.44. The number of ketones is 2. The van der Waals surface area contributed by atoms with Gasteiger partial charge in [0.2, 0.25) is 0 Å². The lowest BCUT2D eigenvalue weighted by Gasteiger charge is -2.01. The van der Waals surface area contributed by atoms with Crippen LogP contribution in [0.25, 0.3) is 0 Å². The fourth-order valence-electron chi connectivity index (χ4n) is 1.32. The molecule has 19 heavy (non-hydrogen) atoms. The maximum Gasteiger partial charge on any atom is 0.155 e. The molecular formula is C14H25NO2S2. The molecule has 0 fully saturated rings. The number of Topliss-reactive ketones (excluding diaryl/α,β-unsaturated/α-hetero) is 2. The molecule has 0 N–H and O–H groups in total. The highest BCUT2D eigenvalue weighted by atomic mass is 33.1. The van der Waals surface area contributed by atoms with E-state index in [1.54, 1.807) is 27.8 Å². The minimum atomic E-state index is 0.181. The number of nitrogens with zero attached hydrogens (tertiary/aromatic N) is 1. The second kappa shape index (κ2) is 14.1. The van der Waals surface area contributed by atoms with Crippen LogP contribution in [0.4, 0.5) is 0 Å². The minimum absolute atomic E-state index is 0.181. The first-order valence-corrected chi connectivity index (χ1v) is 9.21. The molecule has 0 rings (SSSR count). The normalized spacial score (nSPS) is 11.7. The van der Waals surface area contributed by atoms with Gasteiger partial charge in [-0.05, 0) is 26.0 Å².